The van der Waals surface area contributed by atoms with Crippen LogP contribution in [0.1, 0.15) is 31.7 Å². The minimum Gasteiger partial charge on any atom is -0.326 e. The molecule has 1 atom stereocenters. The summed E-state index contributed by atoms with van der Waals surface area (Å²) >= 11 is 0. The fourth-order valence-corrected chi connectivity index (χ4v) is 4.61. The molecule has 1 saturated heterocycles. The van der Waals surface area contributed by atoms with Gasteiger partial charge in [0.25, 0.3) is 0 Å². The van der Waals surface area contributed by atoms with Crippen LogP contribution in [0, 0.1) is 5.82 Å². The number of nitrogens with two attached hydrogens (primary N) is 1. The summed E-state index contributed by atoms with van der Waals surface area (Å²) in [6.45, 7) is 2.55. The number of hydrogen-bond donors (Lipinski definition) is 1. The van der Waals surface area contributed by atoms with Gasteiger partial charge >= 0.3 is 0 Å². The third kappa shape index (κ3) is 2.66. The lowest BCUT2D eigenvalue weighted by Gasteiger charge is -2.24. The summed E-state index contributed by atoms with van der Waals surface area (Å²) in [5.74, 6) is -0.553. The Morgan fingerprint density at radius 3 is 2.84 bits per heavy atom. The lowest BCUT2D eigenvalue weighted by molar-refractivity contribution is 0.379. The summed E-state index contributed by atoms with van der Waals surface area (Å²) in [6, 6.07) is 3.77. The van der Waals surface area contributed by atoms with Crippen LogP contribution >= 0.6 is 0 Å². The average molecular weight is 286 g/mol. The summed E-state index contributed by atoms with van der Waals surface area (Å²) in [7, 11) is -3.65. The second-order valence-corrected chi connectivity index (χ2v) is 6.64. The van der Waals surface area contributed by atoms with Gasteiger partial charge in [0, 0.05) is 19.1 Å². The summed E-state index contributed by atoms with van der Waals surface area (Å²) in [6.07, 6.45) is 2.49. The predicted molar refractivity (Wildman–Crippen MR) is 71.5 cm³/mol. The SMILES string of the molecule is CCC1CCCN1S(=O)(=O)c1cc(F)ccc1CN. The zero-order valence-electron chi connectivity index (χ0n) is 11.0. The number of rotatable bonds is 4. The van der Waals surface area contributed by atoms with Gasteiger partial charge < -0.3 is 5.73 Å². The zero-order chi connectivity index (χ0) is 14.0. The van der Waals surface area contributed by atoms with Crippen molar-refractivity contribution in [3.05, 3.63) is 29.6 Å². The molecule has 0 spiro atoms. The van der Waals surface area contributed by atoms with Gasteiger partial charge in [-0.3, -0.25) is 0 Å². The fourth-order valence-electron chi connectivity index (χ4n) is 2.60. The highest BCUT2D eigenvalue weighted by molar-refractivity contribution is 7.89. The molecular weight excluding hydrogens is 267 g/mol. The maximum absolute atomic E-state index is 13.4. The summed E-state index contributed by atoms with van der Waals surface area (Å²) in [4.78, 5) is 0.00958. The fraction of sp³-hybridized carbons (Fsp3) is 0.538. The highest BCUT2D eigenvalue weighted by atomic mass is 32.2. The number of nitrogens with zero attached hydrogens (tertiary/aromatic N) is 1. The molecule has 0 amide bonds. The molecule has 1 aliphatic rings. The Bertz CT molecular complexity index is 560. The van der Waals surface area contributed by atoms with Gasteiger partial charge in [0.05, 0.1) is 4.90 Å². The smallest absolute Gasteiger partial charge is 0.243 e. The van der Waals surface area contributed by atoms with Crippen molar-refractivity contribution in [2.75, 3.05) is 6.54 Å². The maximum atomic E-state index is 13.4. The molecule has 1 heterocycles. The standard InChI is InChI=1S/C13H19FN2O2S/c1-2-12-4-3-7-16(12)19(17,18)13-8-11(14)6-5-10(13)9-15/h5-6,8,12H,2-4,7,9,15H2,1H3. The number of benzene rings is 1. The van der Waals surface area contributed by atoms with Crippen molar-refractivity contribution >= 4 is 10.0 Å². The van der Waals surface area contributed by atoms with E-state index in [0.717, 1.165) is 25.3 Å². The van der Waals surface area contributed by atoms with Crippen LogP contribution in [0.4, 0.5) is 4.39 Å². The van der Waals surface area contributed by atoms with Crippen molar-refractivity contribution in [3.63, 3.8) is 0 Å². The van der Waals surface area contributed by atoms with Crippen LogP contribution < -0.4 is 5.73 Å². The summed E-state index contributed by atoms with van der Waals surface area (Å²) in [5.41, 5.74) is 6.02. The molecule has 19 heavy (non-hydrogen) atoms. The van der Waals surface area contributed by atoms with Crippen molar-refractivity contribution in [3.8, 4) is 0 Å². The van der Waals surface area contributed by atoms with E-state index in [2.05, 4.69) is 0 Å². The highest BCUT2D eigenvalue weighted by Gasteiger charge is 2.35. The van der Waals surface area contributed by atoms with Gasteiger partial charge in [-0.2, -0.15) is 4.31 Å². The Kier molecular flexibility index (Phi) is 4.23. The molecule has 6 heteroatoms. The molecule has 2 N–H and O–H groups in total. The molecular formula is C13H19FN2O2S. The van der Waals surface area contributed by atoms with Crippen LogP contribution in [0.3, 0.4) is 0 Å². The van der Waals surface area contributed by atoms with E-state index < -0.39 is 15.8 Å². The molecule has 0 bridgehead atoms. The first kappa shape index (κ1) is 14.4. The second-order valence-electron chi connectivity index (χ2n) is 4.78. The number of hydrogen-bond acceptors (Lipinski definition) is 3. The number of halogens is 1. The van der Waals surface area contributed by atoms with Crippen LogP contribution in [0.2, 0.25) is 0 Å². The average Bonchev–Trinajstić information content (AvgIpc) is 2.87. The van der Waals surface area contributed by atoms with Crippen molar-refractivity contribution < 1.29 is 12.8 Å². The first-order chi connectivity index (χ1) is 9.00. The minimum atomic E-state index is -3.65. The third-order valence-electron chi connectivity index (χ3n) is 3.63. The van der Waals surface area contributed by atoms with Gasteiger partial charge in [0.1, 0.15) is 5.82 Å². The second kappa shape index (κ2) is 5.56. The first-order valence-corrected chi connectivity index (χ1v) is 7.95. The van der Waals surface area contributed by atoms with E-state index in [4.69, 9.17) is 5.73 Å². The summed E-state index contributed by atoms with van der Waals surface area (Å²) < 4.78 is 40.1. The topological polar surface area (TPSA) is 63.4 Å². The van der Waals surface area contributed by atoms with Crippen LogP contribution in [0.5, 0.6) is 0 Å². The molecule has 2 rings (SSSR count). The van der Waals surface area contributed by atoms with Gasteiger partial charge in [0.15, 0.2) is 0 Å². The third-order valence-corrected chi connectivity index (χ3v) is 5.66. The molecule has 1 aromatic carbocycles. The van der Waals surface area contributed by atoms with Gasteiger partial charge in [-0.05, 0) is 37.0 Å². The molecule has 0 radical (unpaired) electrons. The van der Waals surface area contributed by atoms with E-state index in [1.165, 1.54) is 16.4 Å². The summed E-state index contributed by atoms with van der Waals surface area (Å²) in [5, 5.41) is 0. The van der Waals surface area contributed by atoms with Crippen molar-refractivity contribution in [1.29, 1.82) is 0 Å². The first-order valence-electron chi connectivity index (χ1n) is 6.51. The predicted octanol–water partition coefficient (Wildman–Crippen LogP) is 1.85. The van der Waals surface area contributed by atoms with Crippen LogP contribution in [-0.2, 0) is 16.6 Å². The lowest BCUT2D eigenvalue weighted by atomic mass is 10.2. The Hall–Kier alpha value is -0.980. The Morgan fingerprint density at radius 2 is 2.21 bits per heavy atom. The molecule has 106 valence electrons. The van der Waals surface area contributed by atoms with Crippen LogP contribution in [0.25, 0.3) is 0 Å². The number of sulfonamides is 1. The monoisotopic (exact) mass is 286 g/mol. The van der Waals surface area contributed by atoms with E-state index in [0.29, 0.717) is 12.1 Å². The van der Waals surface area contributed by atoms with Crippen molar-refractivity contribution in [2.24, 2.45) is 5.73 Å². The van der Waals surface area contributed by atoms with Crippen LogP contribution in [0.15, 0.2) is 23.1 Å². The maximum Gasteiger partial charge on any atom is 0.243 e. The Morgan fingerprint density at radius 1 is 1.47 bits per heavy atom. The van der Waals surface area contributed by atoms with Gasteiger partial charge in [-0.1, -0.05) is 13.0 Å². The minimum absolute atomic E-state index is 0.00958. The van der Waals surface area contributed by atoms with E-state index in [1.807, 2.05) is 6.92 Å². The zero-order valence-corrected chi connectivity index (χ0v) is 11.8. The Labute approximate surface area is 113 Å². The molecule has 0 aliphatic carbocycles. The molecule has 4 nitrogen and oxygen atoms in total. The molecule has 0 saturated carbocycles. The van der Waals surface area contributed by atoms with Gasteiger partial charge in [-0.25, -0.2) is 12.8 Å². The van der Waals surface area contributed by atoms with E-state index in [9.17, 15) is 12.8 Å². The van der Waals surface area contributed by atoms with Crippen LogP contribution in [-0.4, -0.2) is 25.3 Å². The highest BCUT2D eigenvalue weighted by Crippen LogP contribution is 2.29. The molecule has 1 aromatic rings. The van der Waals surface area contributed by atoms with E-state index in [1.54, 1.807) is 0 Å². The largest absolute Gasteiger partial charge is 0.326 e. The van der Waals surface area contributed by atoms with Gasteiger partial charge in [-0.15, -0.1) is 0 Å². The van der Waals surface area contributed by atoms with Gasteiger partial charge in [0.2, 0.25) is 10.0 Å². The lowest BCUT2D eigenvalue weighted by Crippen LogP contribution is -2.35. The van der Waals surface area contributed by atoms with E-state index >= 15 is 0 Å². The molecule has 1 unspecified atom stereocenters. The van der Waals surface area contributed by atoms with Crippen molar-refractivity contribution in [2.45, 2.75) is 43.7 Å². The normalized spacial score (nSPS) is 20.9. The van der Waals surface area contributed by atoms with E-state index in [-0.39, 0.29) is 17.5 Å². The molecule has 1 aliphatic heterocycles. The molecule has 1 fully saturated rings. The molecule has 0 aromatic heterocycles. The quantitative estimate of drug-likeness (QED) is 0.918. The Balaban J connectivity index is 2.47. The van der Waals surface area contributed by atoms with Crippen molar-refractivity contribution in [1.82, 2.24) is 4.31 Å².